The molecule has 0 saturated heterocycles. The van der Waals surface area contributed by atoms with Crippen molar-refractivity contribution in [3.8, 4) is 5.75 Å². The third-order valence-electron chi connectivity index (χ3n) is 2.09. The highest BCUT2D eigenvalue weighted by molar-refractivity contribution is 5.73. The highest BCUT2D eigenvalue weighted by Gasteiger charge is 2.33. The summed E-state index contributed by atoms with van der Waals surface area (Å²) in [5, 5.41) is 0. The molecule has 0 aliphatic rings. The van der Waals surface area contributed by atoms with Crippen molar-refractivity contribution in [2.24, 2.45) is 0 Å². The van der Waals surface area contributed by atoms with Gasteiger partial charge in [0.15, 0.2) is 0 Å². The Morgan fingerprint density at radius 3 is 2.56 bits per heavy atom. The molecule has 1 heterocycles. The van der Waals surface area contributed by atoms with Crippen LogP contribution in [0.1, 0.15) is 11.1 Å². The Bertz CT molecular complexity index is 507. The van der Waals surface area contributed by atoms with Crippen LogP contribution in [0.2, 0.25) is 0 Å². The summed E-state index contributed by atoms with van der Waals surface area (Å²) in [6.07, 6.45) is -4.47. The summed E-state index contributed by atoms with van der Waals surface area (Å²) in [4.78, 5) is 24.7. The second kappa shape index (κ2) is 5.11. The van der Waals surface area contributed by atoms with Crippen LogP contribution in [0.25, 0.3) is 0 Å². The topological polar surface area (TPSA) is 68.4 Å². The molecule has 8 heteroatoms. The molecule has 5 nitrogen and oxygen atoms in total. The van der Waals surface area contributed by atoms with Crippen LogP contribution in [-0.2, 0) is 16.0 Å². The van der Waals surface area contributed by atoms with E-state index in [9.17, 15) is 22.8 Å². The zero-order valence-corrected chi connectivity index (χ0v) is 9.55. The number of hydrogen-bond acceptors (Lipinski definition) is 4. The molecule has 1 aromatic heterocycles. The molecule has 0 atom stereocenters. The second-order valence-electron chi connectivity index (χ2n) is 3.41. The van der Waals surface area contributed by atoms with Gasteiger partial charge < -0.3 is 14.5 Å². The van der Waals surface area contributed by atoms with Gasteiger partial charge in [-0.15, -0.1) is 13.2 Å². The summed E-state index contributed by atoms with van der Waals surface area (Å²) in [6, 6.07) is 0. The number of ether oxygens (including phenoxy) is 2. The van der Waals surface area contributed by atoms with E-state index in [0.29, 0.717) is 0 Å². The highest BCUT2D eigenvalue weighted by atomic mass is 19.4. The number of methoxy groups -OCH3 is 1. The second-order valence-corrected chi connectivity index (χ2v) is 3.41. The van der Waals surface area contributed by atoms with E-state index < -0.39 is 35.6 Å². The fraction of sp³-hybridized carbons (Fsp3) is 0.400. The van der Waals surface area contributed by atoms with Gasteiger partial charge in [0, 0.05) is 11.8 Å². The maximum atomic E-state index is 12.2. The minimum atomic E-state index is -4.94. The Morgan fingerprint density at radius 1 is 1.44 bits per heavy atom. The van der Waals surface area contributed by atoms with Gasteiger partial charge in [-0.2, -0.15) is 0 Å². The molecule has 0 aliphatic carbocycles. The van der Waals surface area contributed by atoms with Gasteiger partial charge >= 0.3 is 12.3 Å². The molecule has 0 radical (unpaired) electrons. The summed E-state index contributed by atoms with van der Waals surface area (Å²) in [5.74, 6) is -1.50. The normalized spacial score (nSPS) is 11.2. The molecule has 1 N–H and O–H groups in total. The van der Waals surface area contributed by atoms with Gasteiger partial charge in [0.2, 0.25) is 0 Å². The van der Waals surface area contributed by atoms with E-state index in [0.717, 1.165) is 13.3 Å². The van der Waals surface area contributed by atoms with E-state index >= 15 is 0 Å². The zero-order chi connectivity index (χ0) is 13.9. The third-order valence-corrected chi connectivity index (χ3v) is 2.09. The number of carbonyl (C=O) groups excluding carboxylic acids is 1. The molecular weight excluding hydrogens is 255 g/mol. The van der Waals surface area contributed by atoms with Gasteiger partial charge in [-0.3, -0.25) is 9.59 Å². The molecule has 0 amide bonds. The number of aromatic nitrogens is 1. The van der Waals surface area contributed by atoms with Crippen LogP contribution in [0.4, 0.5) is 13.2 Å². The van der Waals surface area contributed by atoms with E-state index in [1.54, 1.807) is 0 Å². The van der Waals surface area contributed by atoms with Crippen molar-refractivity contribution >= 4 is 5.97 Å². The van der Waals surface area contributed by atoms with Crippen molar-refractivity contribution in [3.63, 3.8) is 0 Å². The van der Waals surface area contributed by atoms with E-state index in [2.05, 4.69) is 14.5 Å². The zero-order valence-electron chi connectivity index (χ0n) is 9.55. The molecule has 0 spiro atoms. The number of alkyl halides is 3. The average Bonchev–Trinajstić information content (AvgIpc) is 2.26. The van der Waals surface area contributed by atoms with Gasteiger partial charge in [-0.05, 0) is 6.92 Å². The monoisotopic (exact) mass is 265 g/mol. The minimum Gasteiger partial charge on any atom is -0.469 e. The average molecular weight is 265 g/mol. The Hall–Kier alpha value is -1.99. The Morgan fingerprint density at radius 2 is 2.06 bits per heavy atom. The molecule has 0 aliphatic heterocycles. The quantitative estimate of drug-likeness (QED) is 0.836. The predicted molar refractivity (Wildman–Crippen MR) is 54.2 cm³/mol. The smallest absolute Gasteiger partial charge is 0.469 e. The number of carbonyl (C=O) groups is 1. The molecule has 18 heavy (non-hydrogen) atoms. The number of nitrogens with one attached hydrogen (secondary N) is 1. The molecule has 0 aromatic carbocycles. The van der Waals surface area contributed by atoms with Crippen LogP contribution in [0.5, 0.6) is 5.75 Å². The van der Waals surface area contributed by atoms with Crippen LogP contribution >= 0.6 is 0 Å². The first kappa shape index (κ1) is 14.1. The molecule has 1 aromatic rings. The molecule has 0 fully saturated rings. The molecular formula is C10H10F3NO4. The summed E-state index contributed by atoms with van der Waals surface area (Å²) in [7, 11) is 1.07. The lowest BCUT2D eigenvalue weighted by molar-refractivity contribution is -0.275. The summed E-state index contributed by atoms with van der Waals surface area (Å²) >= 11 is 0. The first-order chi connectivity index (χ1) is 8.24. The van der Waals surface area contributed by atoms with E-state index in [-0.39, 0.29) is 5.56 Å². The first-order valence-electron chi connectivity index (χ1n) is 4.78. The van der Waals surface area contributed by atoms with Gasteiger partial charge in [0.1, 0.15) is 5.75 Å². The molecule has 1 rings (SSSR count). The predicted octanol–water partition coefficient (Wildman–Crippen LogP) is 1.30. The Labute approximate surface area is 99.5 Å². The van der Waals surface area contributed by atoms with Crippen LogP contribution in [0, 0.1) is 6.92 Å². The number of aromatic amines is 1. The summed E-state index contributed by atoms with van der Waals surface area (Å²) in [5.41, 5.74) is -1.18. The van der Waals surface area contributed by atoms with Crippen molar-refractivity contribution in [3.05, 3.63) is 27.7 Å². The number of pyridine rings is 1. The number of rotatable bonds is 3. The molecule has 100 valence electrons. The summed E-state index contributed by atoms with van der Waals surface area (Å²) < 4.78 is 44.7. The van der Waals surface area contributed by atoms with Crippen molar-refractivity contribution in [1.29, 1.82) is 0 Å². The largest absolute Gasteiger partial charge is 0.573 e. The molecule has 0 bridgehead atoms. The van der Waals surface area contributed by atoms with E-state index in [4.69, 9.17) is 0 Å². The number of H-pyrrole nitrogens is 1. The lowest BCUT2D eigenvalue weighted by Gasteiger charge is -2.14. The Kier molecular flexibility index (Phi) is 4.00. The number of halogens is 3. The van der Waals surface area contributed by atoms with Crippen LogP contribution < -0.4 is 10.3 Å². The summed E-state index contributed by atoms with van der Waals surface area (Å²) in [6.45, 7) is 1.32. The SMILES string of the molecule is COC(=O)Cc1c(OC(F)(F)F)c(C)c[nH]c1=O. The minimum absolute atomic E-state index is 0.0610. The van der Waals surface area contributed by atoms with Gasteiger partial charge in [0.25, 0.3) is 5.56 Å². The van der Waals surface area contributed by atoms with Crippen molar-refractivity contribution in [2.45, 2.75) is 19.7 Å². The van der Waals surface area contributed by atoms with Crippen LogP contribution in [0.3, 0.4) is 0 Å². The van der Waals surface area contributed by atoms with Crippen LogP contribution in [0.15, 0.2) is 11.0 Å². The van der Waals surface area contributed by atoms with Gasteiger partial charge in [-0.25, -0.2) is 0 Å². The molecule has 0 unspecified atom stereocenters. The van der Waals surface area contributed by atoms with Crippen molar-refractivity contribution in [2.75, 3.05) is 7.11 Å². The number of esters is 1. The lowest BCUT2D eigenvalue weighted by Crippen LogP contribution is -2.24. The number of aryl methyl sites for hydroxylation is 1. The Balaban J connectivity index is 3.25. The van der Waals surface area contributed by atoms with E-state index in [1.165, 1.54) is 6.92 Å². The van der Waals surface area contributed by atoms with E-state index in [1.807, 2.05) is 0 Å². The maximum Gasteiger partial charge on any atom is 0.573 e. The van der Waals surface area contributed by atoms with Crippen LogP contribution in [-0.4, -0.2) is 24.4 Å². The maximum absolute atomic E-state index is 12.2. The fourth-order valence-electron chi connectivity index (χ4n) is 1.30. The van der Waals surface area contributed by atoms with Gasteiger partial charge in [-0.1, -0.05) is 0 Å². The number of hydrogen-bond donors (Lipinski definition) is 1. The fourth-order valence-corrected chi connectivity index (χ4v) is 1.30. The van der Waals surface area contributed by atoms with Crippen molar-refractivity contribution in [1.82, 2.24) is 4.98 Å². The van der Waals surface area contributed by atoms with Crippen molar-refractivity contribution < 1.29 is 27.4 Å². The third kappa shape index (κ3) is 3.51. The highest BCUT2D eigenvalue weighted by Crippen LogP contribution is 2.27. The molecule has 0 saturated carbocycles. The van der Waals surface area contributed by atoms with Gasteiger partial charge in [0.05, 0.1) is 19.1 Å². The standard InChI is InChI=1S/C10H10F3NO4/c1-5-4-14-9(16)6(3-7(15)17-2)8(5)18-10(11,12)13/h4H,3H2,1-2H3,(H,14,16). The first-order valence-corrected chi connectivity index (χ1v) is 4.78. The lowest BCUT2D eigenvalue weighted by atomic mass is 10.1.